The number of nitrogens with one attached hydrogen (secondary N) is 1. The summed E-state index contributed by atoms with van der Waals surface area (Å²) < 4.78 is 27.0. The van der Waals surface area contributed by atoms with E-state index in [-0.39, 0.29) is 5.56 Å². The van der Waals surface area contributed by atoms with Crippen LogP contribution in [-0.2, 0) is 7.05 Å². The fraction of sp³-hybridized carbons (Fsp3) is 0.133. The van der Waals surface area contributed by atoms with E-state index in [1.54, 1.807) is 6.20 Å². The maximum absolute atomic E-state index is 13.0. The molecule has 1 N–H and O–H groups in total. The highest BCUT2D eigenvalue weighted by atomic mass is 32.1. The summed E-state index contributed by atoms with van der Waals surface area (Å²) >= 11 is 1.27. The molecule has 0 unspecified atom stereocenters. The number of rotatable bonds is 4. The minimum absolute atomic E-state index is 0.154. The number of anilines is 1. The highest BCUT2D eigenvalue weighted by Gasteiger charge is 2.23. The summed E-state index contributed by atoms with van der Waals surface area (Å²) in [6, 6.07) is 9.56. The Morgan fingerprint density at radius 2 is 2.00 bits per heavy atom. The summed E-state index contributed by atoms with van der Waals surface area (Å²) in [4.78, 5) is 17.2. The SMILES string of the molecule is Cn1ncc(C(=O)Nc2ncc(-c3ccccc3)s2)c1C(F)F. The largest absolute Gasteiger partial charge is 0.298 e. The molecule has 0 fully saturated rings. The molecule has 5 nitrogen and oxygen atoms in total. The van der Waals surface area contributed by atoms with Gasteiger partial charge in [-0.05, 0) is 5.56 Å². The number of alkyl halides is 2. The van der Waals surface area contributed by atoms with Crippen LogP contribution in [-0.4, -0.2) is 20.7 Å². The number of carbonyl (C=O) groups is 1. The Morgan fingerprint density at radius 3 is 2.70 bits per heavy atom. The van der Waals surface area contributed by atoms with Crippen molar-refractivity contribution in [3.8, 4) is 10.4 Å². The molecule has 0 aliphatic heterocycles. The van der Waals surface area contributed by atoms with Crippen LogP contribution in [0.3, 0.4) is 0 Å². The van der Waals surface area contributed by atoms with Crippen LogP contribution in [0.1, 0.15) is 22.5 Å². The van der Waals surface area contributed by atoms with E-state index in [0.29, 0.717) is 5.13 Å². The van der Waals surface area contributed by atoms with Gasteiger partial charge in [0.2, 0.25) is 0 Å². The molecular weight excluding hydrogens is 322 g/mol. The number of thiazole rings is 1. The Morgan fingerprint density at radius 1 is 1.26 bits per heavy atom. The smallest absolute Gasteiger partial charge is 0.280 e. The number of nitrogens with zero attached hydrogens (tertiary/aromatic N) is 3. The van der Waals surface area contributed by atoms with Crippen molar-refractivity contribution < 1.29 is 13.6 Å². The Kier molecular flexibility index (Phi) is 4.16. The Hall–Kier alpha value is -2.61. The Labute approximate surface area is 134 Å². The van der Waals surface area contributed by atoms with Crippen molar-refractivity contribution in [3.63, 3.8) is 0 Å². The van der Waals surface area contributed by atoms with Crippen LogP contribution in [0, 0.1) is 0 Å². The summed E-state index contributed by atoms with van der Waals surface area (Å²) in [5.41, 5.74) is 0.404. The van der Waals surface area contributed by atoms with Gasteiger partial charge in [0.05, 0.1) is 16.6 Å². The van der Waals surface area contributed by atoms with Crippen molar-refractivity contribution in [2.45, 2.75) is 6.43 Å². The van der Waals surface area contributed by atoms with Crippen molar-refractivity contribution in [3.05, 3.63) is 54.0 Å². The molecule has 8 heteroatoms. The van der Waals surface area contributed by atoms with Crippen molar-refractivity contribution in [1.29, 1.82) is 0 Å². The molecule has 2 heterocycles. The number of carbonyl (C=O) groups excluding carboxylic acids is 1. The van der Waals surface area contributed by atoms with Gasteiger partial charge in [0, 0.05) is 13.2 Å². The highest BCUT2D eigenvalue weighted by Crippen LogP contribution is 2.29. The van der Waals surface area contributed by atoms with Crippen LogP contribution >= 0.6 is 11.3 Å². The first-order valence-electron chi connectivity index (χ1n) is 6.69. The van der Waals surface area contributed by atoms with Crippen LogP contribution in [0.15, 0.2) is 42.7 Å². The van der Waals surface area contributed by atoms with E-state index in [0.717, 1.165) is 21.3 Å². The lowest BCUT2D eigenvalue weighted by atomic mass is 10.2. The molecule has 0 spiro atoms. The van der Waals surface area contributed by atoms with Crippen LogP contribution < -0.4 is 5.32 Å². The lowest BCUT2D eigenvalue weighted by Gasteiger charge is -2.04. The average Bonchev–Trinajstić information content (AvgIpc) is 3.14. The summed E-state index contributed by atoms with van der Waals surface area (Å²) in [7, 11) is 1.37. The lowest BCUT2D eigenvalue weighted by molar-refractivity contribution is 0.100. The molecule has 0 saturated carbocycles. The van der Waals surface area contributed by atoms with E-state index in [1.807, 2.05) is 30.3 Å². The maximum atomic E-state index is 13.0. The van der Waals surface area contributed by atoms with Gasteiger partial charge in [-0.1, -0.05) is 41.7 Å². The number of aryl methyl sites for hydroxylation is 1. The van der Waals surface area contributed by atoms with E-state index in [4.69, 9.17) is 0 Å². The summed E-state index contributed by atoms with van der Waals surface area (Å²) in [6.45, 7) is 0. The van der Waals surface area contributed by atoms with Crippen molar-refractivity contribution in [2.24, 2.45) is 7.05 Å². The highest BCUT2D eigenvalue weighted by molar-refractivity contribution is 7.19. The fourth-order valence-corrected chi connectivity index (χ4v) is 2.93. The van der Waals surface area contributed by atoms with E-state index < -0.39 is 18.0 Å². The summed E-state index contributed by atoms with van der Waals surface area (Å²) in [6.07, 6.45) is -0.0190. The third-order valence-electron chi connectivity index (χ3n) is 3.22. The van der Waals surface area contributed by atoms with Crippen LogP contribution in [0.4, 0.5) is 13.9 Å². The normalized spacial score (nSPS) is 11.0. The third kappa shape index (κ3) is 3.11. The molecule has 3 aromatic rings. The van der Waals surface area contributed by atoms with Gasteiger partial charge < -0.3 is 0 Å². The zero-order valence-electron chi connectivity index (χ0n) is 12.0. The summed E-state index contributed by atoms with van der Waals surface area (Å²) in [5, 5.41) is 6.60. The first-order valence-corrected chi connectivity index (χ1v) is 7.50. The van der Waals surface area contributed by atoms with Gasteiger partial charge in [0.1, 0.15) is 5.69 Å². The quantitative estimate of drug-likeness (QED) is 0.791. The second kappa shape index (κ2) is 6.25. The topological polar surface area (TPSA) is 59.8 Å². The van der Waals surface area contributed by atoms with E-state index >= 15 is 0 Å². The molecule has 0 saturated heterocycles. The van der Waals surface area contributed by atoms with Crippen molar-refractivity contribution in [2.75, 3.05) is 5.32 Å². The van der Waals surface area contributed by atoms with Crippen LogP contribution in [0.2, 0.25) is 0 Å². The number of hydrogen-bond donors (Lipinski definition) is 1. The minimum Gasteiger partial charge on any atom is -0.298 e. The molecule has 0 atom stereocenters. The van der Waals surface area contributed by atoms with Gasteiger partial charge in [0.25, 0.3) is 12.3 Å². The number of amides is 1. The average molecular weight is 334 g/mol. The summed E-state index contributed by atoms with van der Waals surface area (Å²) in [5.74, 6) is -0.651. The fourth-order valence-electron chi connectivity index (χ4n) is 2.11. The maximum Gasteiger partial charge on any atom is 0.280 e. The van der Waals surface area contributed by atoms with Gasteiger partial charge in [-0.25, -0.2) is 13.8 Å². The van der Waals surface area contributed by atoms with Gasteiger partial charge in [-0.15, -0.1) is 0 Å². The second-order valence-electron chi connectivity index (χ2n) is 4.72. The van der Waals surface area contributed by atoms with Crippen LogP contribution in [0.25, 0.3) is 10.4 Å². The predicted molar refractivity (Wildman–Crippen MR) is 83.7 cm³/mol. The molecule has 0 aliphatic carbocycles. The zero-order valence-corrected chi connectivity index (χ0v) is 12.8. The first-order chi connectivity index (χ1) is 11.1. The van der Waals surface area contributed by atoms with Crippen LogP contribution in [0.5, 0.6) is 0 Å². The van der Waals surface area contributed by atoms with E-state index in [1.165, 1.54) is 18.4 Å². The first kappa shape index (κ1) is 15.3. The molecule has 0 bridgehead atoms. The Bertz CT molecular complexity index is 829. The molecule has 1 amide bonds. The van der Waals surface area contributed by atoms with Gasteiger partial charge in [-0.2, -0.15) is 5.10 Å². The molecule has 23 heavy (non-hydrogen) atoms. The number of aromatic nitrogens is 3. The Balaban J connectivity index is 1.81. The molecule has 1 aromatic carbocycles. The third-order valence-corrected chi connectivity index (χ3v) is 4.18. The molecule has 0 aliphatic rings. The minimum atomic E-state index is -2.78. The van der Waals surface area contributed by atoms with Gasteiger partial charge in [-0.3, -0.25) is 14.8 Å². The molecule has 118 valence electrons. The number of benzene rings is 1. The lowest BCUT2D eigenvalue weighted by Crippen LogP contribution is -2.14. The van der Waals surface area contributed by atoms with Gasteiger partial charge >= 0.3 is 0 Å². The molecule has 3 rings (SSSR count). The van der Waals surface area contributed by atoms with Crippen molar-refractivity contribution in [1.82, 2.24) is 14.8 Å². The number of hydrogen-bond acceptors (Lipinski definition) is 4. The molecule has 2 aromatic heterocycles. The van der Waals surface area contributed by atoms with Crippen molar-refractivity contribution >= 4 is 22.4 Å². The predicted octanol–water partition coefficient (Wildman–Crippen LogP) is 3.73. The van der Waals surface area contributed by atoms with E-state index in [2.05, 4.69) is 15.4 Å². The molecular formula is C15H12F2N4OS. The molecule has 0 radical (unpaired) electrons. The van der Waals surface area contributed by atoms with E-state index in [9.17, 15) is 13.6 Å². The second-order valence-corrected chi connectivity index (χ2v) is 5.75. The monoisotopic (exact) mass is 334 g/mol. The number of halogens is 2. The standard InChI is InChI=1S/C15H12F2N4OS/c1-21-12(13(16)17)10(7-19-21)14(22)20-15-18-8-11(23-15)9-5-3-2-4-6-9/h2-8,13H,1H3,(H,18,20,22). The van der Waals surface area contributed by atoms with Gasteiger partial charge in [0.15, 0.2) is 5.13 Å². The zero-order chi connectivity index (χ0) is 16.4.